The van der Waals surface area contributed by atoms with Crippen molar-refractivity contribution in [3.05, 3.63) is 77.1 Å². The van der Waals surface area contributed by atoms with Crippen LogP contribution in [0.5, 0.6) is 0 Å². The Kier molecular flexibility index (Phi) is 4.81. The Morgan fingerprint density at radius 2 is 1.96 bits per heavy atom. The van der Waals surface area contributed by atoms with E-state index in [1.807, 2.05) is 31.2 Å². The van der Waals surface area contributed by atoms with Gasteiger partial charge in [0, 0.05) is 12.1 Å². The van der Waals surface area contributed by atoms with Crippen LogP contribution in [0.25, 0.3) is 5.69 Å². The maximum Gasteiger partial charge on any atom is 0.257 e. The fourth-order valence-corrected chi connectivity index (χ4v) is 2.66. The second-order valence-corrected chi connectivity index (χ2v) is 6.08. The molecule has 1 atom stereocenters. The molecule has 25 heavy (non-hydrogen) atoms. The van der Waals surface area contributed by atoms with Crippen LogP contribution in [0.1, 0.15) is 28.9 Å². The summed E-state index contributed by atoms with van der Waals surface area (Å²) in [4.78, 5) is 18.0. The first kappa shape index (κ1) is 17.1. The summed E-state index contributed by atoms with van der Waals surface area (Å²) in [6.07, 6.45) is 3.07. The molecule has 0 N–H and O–H groups in total. The van der Waals surface area contributed by atoms with Gasteiger partial charge in [-0.25, -0.2) is 14.1 Å². The zero-order valence-corrected chi connectivity index (χ0v) is 14.5. The summed E-state index contributed by atoms with van der Waals surface area (Å²) in [5.74, 6) is -1.03. The minimum absolute atomic E-state index is 0.00187. The fraction of sp³-hybridized carbons (Fsp3) is 0.167. The van der Waals surface area contributed by atoms with Crippen LogP contribution in [0.4, 0.5) is 4.39 Å². The molecular weight excluding hydrogens is 343 g/mol. The molecule has 3 rings (SSSR count). The van der Waals surface area contributed by atoms with E-state index in [4.69, 9.17) is 11.6 Å². The molecule has 0 spiro atoms. The lowest BCUT2D eigenvalue weighted by Crippen LogP contribution is -2.30. The number of carbonyl (C=O) groups is 1. The standard InChI is InChI=1S/C18H16ClFN4O/c1-12(13-3-6-15(7-4-13)24-11-21-10-22-24)23(2)18(25)16-8-5-14(19)9-17(16)20/h3-12H,1-2H3/t12-/m1/s1. The number of aromatic nitrogens is 3. The molecule has 1 amide bonds. The molecule has 0 aliphatic heterocycles. The van der Waals surface area contributed by atoms with Crippen molar-refractivity contribution in [1.29, 1.82) is 0 Å². The minimum Gasteiger partial charge on any atom is -0.335 e. The summed E-state index contributed by atoms with van der Waals surface area (Å²) in [5, 5.41) is 4.33. The van der Waals surface area contributed by atoms with Crippen LogP contribution in [0, 0.1) is 5.82 Å². The maximum atomic E-state index is 14.0. The Morgan fingerprint density at radius 3 is 2.56 bits per heavy atom. The number of hydrogen-bond donors (Lipinski definition) is 0. The van der Waals surface area contributed by atoms with Crippen LogP contribution in [0.3, 0.4) is 0 Å². The molecule has 5 nitrogen and oxygen atoms in total. The van der Waals surface area contributed by atoms with Crippen LogP contribution in [-0.4, -0.2) is 32.6 Å². The second kappa shape index (κ2) is 7.03. The lowest BCUT2D eigenvalue weighted by molar-refractivity contribution is 0.0738. The number of nitrogens with zero attached hydrogens (tertiary/aromatic N) is 4. The molecular formula is C18H16ClFN4O. The highest BCUT2D eigenvalue weighted by Gasteiger charge is 2.21. The molecule has 0 saturated heterocycles. The minimum atomic E-state index is -0.627. The Hall–Kier alpha value is -2.73. The fourth-order valence-electron chi connectivity index (χ4n) is 2.50. The molecule has 2 aromatic carbocycles. The van der Waals surface area contributed by atoms with Gasteiger partial charge in [0.05, 0.1) is 17.3 Å². The van der Waals surface area contributed by atoms with Crippen molar-refractivity contribution >= 4 is 17.5 Å². The van der Waals surface area contributed by atoms with Gasteiger partial charge in [0.25, 0.3) is 5.91 Å². The van der Waals surface area contributed by atoms with E-state index >= 15 is 0 Å². The van der Waals surface area contributed by atoms with Gasteiger partial charge >= 0.3 is 0 Å². The van der Waals surface area contributed by atoms with Gasteiger partial charge in [-0.1, -0.05) is 23.7 Å². The van der Waals surface area contributed by atoms with E-state index in [0.29, 0.717) is 0 Å². The monoisotopic (exact) mass is 358 g/mol. The van der Waals surface area contributed by atoms with E-state index < -0.39 is 11.7 Å². The second-order valence-electron chi connectivity index (χ2n) is 5.65. The first-order valence-corrected chi connectivity index (χ1v) is 8.02. The van der Waals surface area contributed by atoms with E-state index in [-0.39, 0.29) is 16.6 Å². The van der Waals surface area contributed by atoms with E-state index in [9.17, 15) is 9.18 Å². The normalized spacial score (nSPS) is 12.0. The van der Waals surface area contributed by atoms with Crippen molar-refractivity contribution in [1.82, 2.24) is 19.7 Å². The van der Waals surface area contributed by atoms with Crippen molar-refractivity contribution in [2.75, 3.05) is 7.05 Å². The van der Waals surface area contributed by atoms with Crippen LogP contribution >= 0.6 is 11.6 Å². The number of benzene rings is 2. The van der Waals surface area contributed by atoms with Crippen LogP contribution in [0.15, 0.2) is 55.1 Å². The predicted molar refractivity (Wildman–Crippen MR) is 93.3 cm³/mol. The molecule has 0 fully saturated rings. The first-order valence-electron chi connectivity index (χ1n) is 7.64. The Labute approximate surface area is 149 Å². The molecule has 0 aliphatic rings. The SMILES string of the molecule is C[C@H](c1ccc(-n2cncn2)cc1)N(C)C(=O)c1ccc(Cl)cc1F. The van der Waals surface area contributed by atoms with E-state index in [2.05, 4.69) is 10.1 Å². The van der Waals surface area contributed by atoms with Gasteiger partial charge in [-0.3, -0.25) is 4.79 Å². The molecule has 1 heterocycles. The summed E-state index contributed by atoms with van der Waals surface area (Å²) >= 11 is 5.74. The predicted octanol–water partition coefficient (Wildman–Crippen LogP) is 3.89. The van der Waals surface area contributed by atoms with Gasteiger partial charge in [-0.2, -0.15) is 5.10 Å². The third-order valence-electron chi connectivity index (χ3n) is 4.12. The highest BCUT2D eigenvalue weighted by atomic mass is 35.5. The lowest BCUT2D eigenvalue weighted by atomic mass is 10.1. The molecule has 0 radical (unpaired) electrons. The van der Waals surface area contributed by atoms with Crippen molar-refractivity contribution in [2.24, 2.45) is 0 Å². The number of carbonyl (C=O) groups excluding carboxylic acids is 1. The van der Waals surface area contributed by atoms with Crippen molar-refractivity contribution in [3.63, 3.8) is 0 Å². The maximum absolute atomic E-state index is 14.0. The van der Waals surface area contributed by atoms with Crippen molar-refractivity contribution in [3.8, 4) is 5.69 Å². The number of hydrogen-bond acceptors (Lipinski definition) is 3. The molecule has 0 saturated carbocycles. The van der Waals surface area contributed by atoms with E-state index in [0.717, 1.165) is 17.3 Å². The number of rotatable bonds is 4. The molecule has 1 aromatic heterocycles. The average Bonchev–Trinajstić information content (AvgIpc) is 3.15. The highest BCUT2D eigenvalue weighted by molar-refractivity contribution is 6.30. The largest absolute Gasteiger partial charge is 0.335 e. The summed E-state index contributed by atoms with van der Waals surface area (Å²) in [5.41, 5.74) is 1.79. The summed E-state index contributed by atoms with van der Waals surface area (Å²) < 4.78 is 15.6. The third kappa shape index (κ3) is 3.53. The first-order chi connectivity index (χ1) is 12.0. The molecule has 0 aliphatic carbocycles. The highest BCUT2D eigenvalue weighted by Crippen LogP contribution is 2.23. The molecule has 0 bridgehead atoms. The van der Waals surface area contributed by atoms with E-state index in [1.54, 1.807) is 18.1 Å². The third-order valence-corrected chi connectivity index (χ3v) is 4.36. The Morgan fingerprint density at radius 1 is 1.24 bits per heavy atom. The number of halogens is 2. The summed E-state index contributed by atoms with van der Waals surface area (Å²) in [7, 11) is 1.65. The molecule has 3 aromatic rings. The topological polar surface area (TPSA) is 51.0 Å². The smallest absolute Gasteiger partial charge is 0.257 e. The quantitative estimate of drug-likeness (QED) is 0.711. The molecule has 7 heteroatoms. The van der Waals surface area contributed by atoms with Crippen molar-refractivity contribution in [2.45, 2.75) is 13.0 Å². The Bertz CT molecular complexity index is 881. The van der Waals surface area contributed by atoms with Crippen LogP contribution < -0.4 is 0 Å². The molecule has 0 unspecified atom stereocenters. The average molecular weight is 359 g/mol. The summed E-state index contributed by atoms with van der Waals surface area (Å²) in [6.45, 7) is 1.89. The van der Waals surface area contributed by atoms with Crippen molar-refractivity contribution < 1.29 is 9.18 Å². The van der Waals surface area contributed by atoms with E-state index in [1.165, 1.54) is 23.4 Å². The van der Waals surface area contributed by atoms with Crippen LogP contribution in [0.2, 0.25) is 5.02 Å². The van der Waals surface area contributed by atoms with Gasteiger partial charge in [-0.05, 0) is 42.8 Å². The summed E-state index contributed by atoms with van der Waals surface area (Å²) in [6, 6.07) is 11.4. The zero-order chi connectivity index (χ0) is 18.0. The lowest BCUT2D eigenvalue weighted by Gasteiger charge is -2.26. The van der Waals surface area contributed by atoms with Gasteiger partial charge < -0.3 is 4.90 Å². The number of amides is 1. The molecule has 128 valence electrons. The van der Waals surface area contributed by atoms with Gasteiger partial charge in [0.1, 0.15) is 18.5 Å². The van der Waals surface area contributed by atoms with Gasteiger partial charge in [0.2, 0.25) is 0 Å². The van der Waals surface area contributed by atoms with Gasteiger partial charge in [-0.15, -0.1) is 0 Å². The van der Waals surface area contributed by atoms with Crippen LogP contribution in [-0.2, 0) is 0 Å². The zero-order valence-electron chi connectivity index (χ0n) is 13.7. The van der Waals surface area contributed by atoms with Gasteiger partial charge in [0.15, 0.2) is 0 Å². The Balaban J connectivity index is 1.79.